The number of nitro groups is 1. The number of non-ortho nitro benzene ring substituents is 1. The molecule has 0 aliphatic heterocycles. The zero-order valence-electron chi connectivity index (χ0n) is 8.85. The van der Waals surface area contributed by atoms with E-state index in [4.69, 9.17) is 5.73 Å². The summed E-state index contributed by atoms with van der Waals surface area (Å²) < 4.78 is 0. The van der Waals surface area contributed by atoms with Crippen molar-refractivity contribution in [2.24, 2.45) is 5.73 Å². The van der Waals surface area contributed by atoms with Gasteiger partial charge in [-0.05, 0) is 18.4 Å². The summed E-state index contributed by atoms with van der Waals surface area (Å²) in [6, 6.07) is 6.76. The molecule has 0 heterocycles. The summed E-state index contributed by atoms with van der Waals surface area (Å²) in [7, 11) is 0. The smallest absolute Gasteiger partial charge is 0.269 e. The quantitative estimate of drug-likeness (QED) is 0.596. The molecule has 0 saturated carbocycles. The molecule has 0 bridgehead atoms. The number of hydrogen-bond donors (Lipinski definition) is 1. The van der Waals surface area contributed by atoms with Crippen molar-refractivity contribution in [1.82, 2.24) is 0 Å². The van der Waals surface area contributed by atoms with E-state index in [1.807, 2.05) is 6.07 Å². The Balaban J connectivity index is 2.69. The monoisotopic (exact) mass is 208 g/mol. The van der Waals surface area contributed by atoms with Gasteiger partial charge in [0.2, 0.25) is 0 Å². The van der Waals surface area contributed by atoms with E-state index in [0.29, 0.717) is 6.42 Å². The minimum Gasteiger partial charge on any atom is -0.327 e. The topological polar surface area (TPSA) is 69.2 Å². The Morgan fingerprint density at radius 2 is 2.27 bits per heavy atom. The predicted octanol–water partition coefficient (Wildman–Crippen LogP) is 2.26. The first-order valence-corrected chi connectivity index (χ1v) is 5.12. The van der Waals surface area contributed by atoms with E-state index in [2.05, 4.69) is 6.92 Å². The van der Waals surface area contributed by atoms with Gasteiger partial charge in [-0.3, -0.25) is 10.1 Å². The van der Waals surface area contributed by atoms with E-state index in [-0.39, 0.29) is 16.7 Å². The molecule has 1 atom stereocenters. The molecule has 0 aliphatic carbocycles. The van der Waals surface area contributed by atoms with Gasteiger partial charge in [0.15, 0.2) is 0 Å². The molecular formula is C11H16N2O2. The first-order chi connectivity index (χ1) is 7.13. The standard InChI is InChI=1S/C11H16N2O2/c1-2-4-10(12)7-9-5-3-6-11(8-9)13(14)15/h3,5-6,8,10H,2,4,7,12H2,1H3. The molecule has 0 fully saturated rings. The molecular weight excluding hydrogens is 192 g/mol. The highest BCUT2D eigenvalue weighted by atomic mass is 16.6. The molecule has 4 heteroatoms. The van der Waals surface area contributed by atoms with Gasteiger partial charge >= 0.3 is 0 Å². The normalized spacial score (nSPS) is 12.4. The fourth-order valence-corrected chi connectivity index (χ4v) is 1.57. The molecule has 1 unspecified atom stereocenters. The SMILES string of the molecule is CCCC(N)Cc1cccc([N+](=O)[O-])c1. The van der Waals surface area contributed by atoms with Crippen molar-refractivity contribution in [2.45, 2.75) is 32.2 Å². The van der Waals surface area contributed by atoms with Crippen LogP contribution in [0.15, 0.2) is 24.3 Å². The molecule has 1 aromatic carbocycles. The van der Waals surface area contributed by atoms with Crippen LogP contribution in [0.4, 0.5) is 5.69 Å². The maximum absolute atomic E-state index is 10.5. The van der Waals surface area contributed by atoms with Crippen molar-refractivity contribution in [1.29, 1.82) is 0 Å². The molecule has 4 nitrogen and oxygen atoms in total. The number of nitrogens with two attached hydrogens (primary N) is 1. The van der Waals surface area contributed by atoms with Crippen molar-refractivity contribution in [3.8, 4) is 0 Å². The fraction of sp³-hybridized carbons (Fsp3) is 0.455. The average Bonchev–Trinajstić information content (AvgIpc) is 2.18. The van der Waals surface area contributed by atoms with Gasteiger partial charge in [0.1, 0.15) is 0 Å². The molecule has 0 radical (unpaired) electrons. The zero-order valence-corrected chi connectivity index (χ0v) is 8.85. The summed E-state index contributed by atoms with van der Waals surface area (Å²) >= 11 is 0. The lowest BCUT2D eigenvalue weighted by molar-refractivity contribution is -0.384. The predicted molar refractivity (Wildman–Crippen MR) is 59.7 cm³/mol. The molecule has 15 heavy (non-hydrogen) atoms. The van der Waals surface area contributed by atoms with Crippen molar-refractivity contribution in [3.05, 3.63) is 39.9 Å². The molecule has 2 N–H and O–H groups in total. The summed E-state index contributed by atoms with van der Waals surface area (Å²) in [5.41, 5.74) is 6.94. The first kappa shape index (κ1) is 11.7. The van der Waals surface area contributed by atoms with Gasteiger partial charge in [0.05, 0.1) is 4.92 Å². The van der Waals surface area contributed by atoms with Crippen LogP contribution in [-0.2, 0) is 6.42 Å². The van der Waals surface area contributed by atoms with Crippen molar-refractivity contribution < 1.29 is 4.92 Å². The Bertz CT molecular complexity index is 339. The second-order valence-electron chi connectivity index (χ2n) is 3.68. The molecule has 0 amide bonds. The van der Waals surface area contributed by atoms with Gasteiger partial charge in [-0.25, -0.2) is 0 Å². The number of rotatable bonds is 5. The van der Waals surface area contributed by atoms with Crippen molar-refractivity contribution in [3.63, 3.8) is 0 Å². The van der Waals surface area contributed by atoms with Crippen LogP contribution in [0.1, 0.15) is 25.3 Å². The summed E-state index contributed by atoms with van der Waals surface area (Å²) in [5, 5.41) is 10.5. The molecule has 0 aliphatic rings. The van der Waals surface area contributed by atoms with Crippen LogP contribution >= 0.6 is 0 Å². The van der Waals surface area contributed by atoms with Crippen molar-refractivity contribution in [2.75, 3.05) is 0 Å². The molecule has 82 valence electrons. The molecule has 0 saturated heterocycles. The zero-order chi connectivity index (χ0) is 11.3. The highest BCUT2D eigenvalue weighted by Gasteiger charge is 2.08. The molecule has 0 aromatic heterocycles. The highest BCUT2D eigenvalue weighted by Crippen LogP contribution is 2.14. The number of nitrogens with zero attached hydrogens (tertiary/aromatic N) is 1. The van der Waals surface area contributed by atoms with E-state index in [1.54, 1.807) is 12.1 Å². The third-order valence-corrected chi connectivity index (χ3v) is 2.28. The average molecular weight is 208 g/mol. The summed E-state index contributed by atoms with van der Waals surface area (Å²) in [5.74, 6) is 0. The molecule has 0 spiro atoms. The van der Waals surface area contributed by atoms with Gasteiger partial charge in [0, 0.05) is 18.2 Å². The summed E-state index contributed by atoms with van der Waals surface area (Å²) in [4.78, 5) is 10.2. The largest absolute Gasteiger partial charge is 0.327 e. The van der Waals surface area contributed by atoms with Crippen LogP contribution in [0.3, 0.4) is 0 Å². The van der Waals surface area contributed by atoms with E-state index in [9.17, 15) is 10.1 Å². The Kier molecular flexibility index (Phi) is 4.24. The summed E-state index contributed by atoms with van der Waals surface area (Å²) in [6.45, 7) is 2.08. The van der Waals surface area contributed by atoms with Gasteiger partial charge in [-0.2, -0.15) is 0 Å². The van der Waals surface area contributed by atoms with Gasteiger partial charge in [0.25, 0.3) is 5.69 Å². The summed E-state index contributed by atoms with van der Waals surface area (Å²) in [6.07, 6.45) is 2.69. The van der Waals surface area contributed by atoms with Crippen LogP contribution < -0.4 is 5.73 Å². The van der Waals surface area contributed by atoms with Gasteiger partial charge in [-0.15, -0.1) is 0 Å². The minimum atomic E-state index is -0.380. The van der Waals surface area contributed by atoms with Gasteiger partial charge in [-0.1, -0.05) is 25.5 Å². The maximum atomic E-state index is 10.5. The fourth-order valence-electron chi connectivity index (χ4n) is 1.57. The second-order valence-corrected chi connectivity index (χ2v) is 3.68. The minimum absolute atomic E-state index is 0.0944. The van der Waals surface area contributed by atoms with Gasteiger partial charge < -0.3 is 5.73 Å². The lowest BCUT2D eigenvalue weighted by Gasteiger charge is -2.09. The van der Waals surface area contributed by atoms with Crippen LogP contribution in [0.2, 0.25) is 0 Å². The van der Waals surface area contributed by atoms with Crippen LogP contribution in [0, 0.1) is 10.1 Å². The lowest BCUT2D eigenvalue weighted by Crippen LogP contribution is -2.22. The number of nitro benzene ring substituents is 1. The Morgan fingerprint density at radius 3 is 2.87 bits per heavy atom. The maximum Gasteiger partial charge on any atom is 0.269 e. The Hall–Kier alpha value is -1.42. The first-order valence-electron chi connectivity index (χ1n) is 5.12. The van der Waals surface area contributed by atoms with Crippen LogP contribution in [0.5, 0.6) is 0 Å². The van der Waals surface area contributed by atoms with E-state index in [0.717, 1.165) is 18.4 Å². The second kappa shape index (κ2) is 5.46. The third-order valence-electron chi connectivity index (χ3n) is 2.28. The molecule has 1 aromatic rings. The van der Waals surface area contributed by atoms with Crippen LogP contribution in [0.25, 0.3) is 0 Å². The Morgan fingerprint density at radius 1 is 1.53 bits per heavy atom. The van der Waals surface area contributed by atoms with E-state index in [1.165, 1.54) is 6.07 Å². The van der Waals surface area contributed by atoms with E-state index < -0.39 is 0 Å². The molecule has 1 rings (SSSR count). The Labute approximate surface area is 89.2 Å². The third kappa shape index (κ3) is 3.67. The highest BCUT2D eigenvalue weighted by molar-refractivity contribution is 5.34. The number of benzene rings is 1. The van der Waals surface area contributed by atoms with Crippen molar-refractivity contribution >= 4 is 5.69 Å². The van der Waals surface area contributed by atoms with E-state index >= 15 is 0 Å². The lowest BCUT2D eigenvalue weighted by atomic mass is 10.0. The van der Waals surface area contributed by atoms with Crippen LogP contribution in [-0.4, -0.2) is 11.0 Å². The number of hydrogen-bond acceptors (Lipinski definition) is 3.